The second kappa shape index (κ2) is 4.62. The van der Waals surface area contributed by atoms with Crippen molar-refractivity contribution in [3.63, 3.8) is 0 Å². The smallest absolute Gasteiger partial charge is 0.349 e. The summed E-state index contributed by atoms with van der Waals surface area (Å²) < 4.78 is 23.9. The quantitative estimate of drug-likeness (QED) is 0.793. The number of ether oxygens (including phenoxy) is 2. The van der Waals surface area contributed by atoms with Crippen LogP contribution in [0, 0.1) is 5.82 Å². The summed E-state index contributed by atoms with van der Waals surface area (Å²) in [6.45, 7) is 0.262. The molecule has 0 spiro atoms. The van der Waals surface area contributed by atoms with Crippen molar-refractivity contribution >= 4 is 33.4 Å². The molecule has 19 heavy (non-hydrogen) atoms. The number of hydrogen-bond acceptors (Lipinski definition) is 5. The molecule has 1 aliphatic heterocycles. The lowest BCUT2D eigenvalue weighted by Gasteiger charge is -2.06. The van der Waals surface area contributed by atoms with E-state index in [2.05, 4.69) is 0 Å². The van der Waals surface area contributed by atoms with E-state index in [0.29, 0.717) is 16.5 Å². The van der Waals surface area contributed by atoms with Crippen LogP contribution in [0.5, 0.6) is 0 Å². The first-order valence-corrected chi connectivity index (χ1v) is 6.52. The van der Waals surface area contributed by atoms with Gasteiger partial charge >= 0.3 is 11.9 Å². The number of thiophene rings is 1. The number of carbonyl (C=O) groups is 2. The van der Waals surface area contributed by atoms with Crippen molar-refractivity contribution in [2.24, 2.45) is 0 Å². The van der Waals surface area contributed by atoms with Gasteiger partial charge in [-0.3, -0.25) is 0 Å². The summed E-state index contributed by atoms with van der Waals surface area (Å²) >= 11 is 1.14. The van der Waals surface area contributed by atoms with Crippen molar-refractivity contribution in [3.05, 3.63) is 35.0 Å². The van der Waals surface area contributed by atoms with Crippen molar-refractivity contribution in [2.45, 2.75) is 12.5 Å². The fourth-order valence-corrected chi connectivity index (χ4v) is 2.86. The van der Waals surface area contributed by atoms with E-state index in [9.17, 15) is 14.0 Å². The van der Waals surface area contributed by atoms with E-state index in [-0.39, 0.29) is 17.3 Å². The molecule has 98 valence electrons. The lowest BCUT2D eigenvalue weighted by molar-refractivity contribution is -0.145. The molecule has 0 saturated carbocycles. The highest BCUT2D eigenvalue weighted by atomic mass is 32.1. The summed E-state index contributed by atoms with van der Waals surface area (Å²) in [6, 6.07) is 6.08. The fourth-order valence-electron chi connectivity index (χ4n) is 1.90. The maximum absolute atomic E-state index is 13.5. The van der Waals surface area contributed by atoms with Crippen LogP contribution < -0.4 is 0 Å². The van der Waals surface area contributed by atoms with Crippen LogP contribution in [0.4, 0.5) is 4.39 Å². The van der Waals surface area contributed by atoms with E-state index < -0.39 is 18.0 Å². The third-order valence-electron chi connectivity index (χ3n) is 2.85. The zero-order valence-electron chi connectivity index (χ0n) is 9.72. The van der Waals surface area contributed by atoms with Gasteiger partial charge in [-0.05, 0) is 18.2 Å². The number of halogens is 1. The molecule has 1 fully saturated rings. The number of fused-ring (bicyclic) bond motifs is 1. The van der Waals surface area contributed by atoms with Gasteiger partial charge in [0.15, 0.2) is 0 Å². The highest BCUT2D eigenvalue weighted by molar-refractivity contribution is 7.20. The van der Waals surface area contributed by atoms with Gasteiger partial charge in [0.1, 0.15) is 10.7 Å². The van der Waals surface area contributed by atoms with E-state index >= 15 is 0 Å². The standard InChI is InChI=1S/C13H9FO4S/c14-8-2-1-3-10-7(8)6-11(19-10)13(16)18-9-4-5-17-12(9)15/h1-3,6,9H,4-5H2/t9-/m0/s1. The number of hydrogen-bond donors (Lipinski definition) is 0. The highest BCUT2D eigenvalue weighted by Crippen LogP contribution is 2.28. The van der Waals surface area contributed by atoms with Gasteiger partial charge in [-0.15, -0.1) is 11.3 Å². The predicted octanol–water partition coefficient (Wildman–Crippen LogP) is 2.51. The molecule has 1 aliphatic rings. The Hall–Kier alpha value is -1.95. The first kappa shape index (κ1) is 12.1. The van der Waals surface area contributed by atoms with Crippen LogP contribution in [0.15, 0.2) is 24.3 Å². The van der Waals surface area contributed by atoms with Gasteiger partial charge in [-0.2, -0.15) is 0 Å². The average Bonchev–Trinajstić information content (AvgIpc) is 2.97. The molecule has 1 saturated heterocycles. The van der Waals surface area contributed by atoms with E-state index in [0.717, 1.165) is 11.3 Å². The zero-order chi connectivity index (χ0) is 13.4. The van der Waals surface area contributed by atoms with E-state index in [1.165, 1.54) is 12.1 Å². The Balaban J connectivity index is 1.85. The van der Waals surface area contributed by atoms with Crippen LogP contribution in [0.2, 0.25) is 0 Å². The monoisotopic (exact) mass is 280 g/mol. The van der Waals surface area contributed by atoms with Crippen molar-refractivity contribution in [1.82, 2.24) is 0 Å². The van der Waals surface area contributed by atoms with Gasteiger partial charge in [-0.25, -0.2) is 14.0 Å². The Morgan fingerprint density at radius 3 is 3.00 bits per heavy atom. The highest BCUT2D eigenvalue weighted by Gasteiger charge is 2.31. The SMILES string of the molecule is O=C(O[C@H]1CCOC1=O)c1cc2c(F)cccc2s1. The molecule has 0 bridgehead atoms. The molecule has 0 amide bonds. The van der Waals surface area contributed by atoms with Gasteiger partial charge in [0.25, 0.3) is 0 Å². The van der Waals surface area contributed by atoms with Gasteiger partial charge in [0.2, 0.25) is 6.10 Å². The molecule has 0 unspecified atom stereocenters. The average molecular weight is 280 g/mol. The van der Waals surface area contributed by atoms with Crippen LogP contribution in [0.1, 0.15) is 16.1 Å². The van der Waals surface area contributed by atoms with E-state index in [4.69, 9.17) is 9.47 Å². The Morgan fingerprint density at radius 2 is 2.32 bits per heavy atom. The van der Waals surface area contributed by atoms with Crippen molar-refractivity contribution in [1.29, 1.82) is 0 Å². The van der Waals surface area contributed by atoms with Crippen molar-refractivity contribution < 1.29 is 23.5 Å². The molecule has 1 aromatic heterocycles. The van der Waals surface area contributed by atoms with Crippen molar-refractivity contribution in [2.75, 3.05) is 6.61 Å². The van der Waals surface area contributed by atoms with E-state index in [1.807, 2.05) is 0 Å². The third kappa shape index (κ3) is 2.19. The van der Waals surface area contributed by atoms with Gasteiger partial charge in [0.05, 0.1) is 6.61 Å². The van der Waals surface area contributed by atoms with Crippen LogP contribution >= 0.6 is 11.3 Å². The normalized spacial score (nSPS) is 18.6. The fraction of sp³-hybridized carbons (Fsp3) is 0.231. The van der Waals surface area contributed by atoms with Crippen molar-refractivity contribution in [3.8, 4) is 0 Å². The molecule has 1 atom stereocenters. The first-order valence-electron chi connectivity index (χ1n) is 5.71. The van der Waals surface area contributed by atoms with Gasteiger partial charge in [-0.1, -0.05) is 6.07 Å². The number of cyclic esters (lactones) is 1. The molecular formula is C13H9FO4S. The minimum Gasteiger partial charge on any atom is -0.463 e. The van der Waals surface area contributed by atoms with Crippen LogP contribution in [-0.2, 0) is 14.3 Å². The lowest BCUT2D eigenvalue weighted by atomic mass is 10.2. The largest absolute Gasteiger partial charge is 0.463 e. The number of rotatable bonds is 2. The van der Waals surface area contributed by atoms with E-state index in [1.54, 1.807) is 12.1 Å². The molecular weight excluding hydrogens is 271 g/mol. The maximum atomic E-state index is 13.5. The Labute approximate surface area is 111 Å². The summed E-state index contributed by atoms with van der Waals surface area (Å²) in [6.07, 6.45) is -0.480. The molecule has 0 radical (unpaired) electrons. The predicted molar refractivity (Wildman–Crippen MR) is 66.6 cm³/mol. The molecule has 1 aromatic carbocycles. The molecule has 2 aromatic rings. The van der Waals surface area contributed by atoms with Gasteiger partial charge < -0.3 is 9.47 Å². The number of benzene rings is 1. The van der Waals surface area contributed by atoms with Gasteiger partial charge in [0, 0.05) is 16.5 Å². The molecule has 4 nitrogen and oxygen atoms in total. The third-order valence-corrected chi connectivity index (χ3v) is 3.93. The summed E-state index contributed by atoms with van der Waals surface area (Å²) in [4.78, 5) is 23.4. The Bertz CT molecular complexity index is 664. The summed E-state index contributed by atoms with van der Waals surface area (Å²) in [7, 11) is 0. The molecule has 0 N–H and O–H groups in total. The second-order valence-electron chi connectivity index (χ2n) is 4.11. The molecule has 3 rings (SSSR count). The Morgan fingerprint density at radius 1 is 1.47 bits per heavy atom. The van der Waals surface area contributed by atoms with Crippen LogP contribution in [0.3, 0.4) is 0 Å². The first-order chi connectivity index (χ1) is 9.15. The topological polar surface area (TPSA) is 52.6 Å². The lowest BCUT2D eigenvalue weighted by Crippen LogP contribution is -2.22. The summed E-state index contributed by atoms with van der Waals surface area (Å²) in [5.74, 6) is -1.53. The summed E-state index contributed by atoms with van der Waals surface area (Å²) in [5.41, 5.74) is 0. The Kier molecular flexibility index (Phi) is 2.94. The maximum Gasteiger partial charge on any atom is 0.349 e. The minimum atomic E-state index is -0.845. The van der Waals surface area contributed by atoms with Crippen LogP contribution in [-0.4, -0.2) is 24.6 Å². The number of carbonyl (C=O) groups excluding carboxylic acids is 2. The second-order valence-corrected chi connectivity index (χ2v) is 5.20. The zero-order valence-corrected chi connectivity index (χ0v) is 10.5. The summed E-state index contributed by atoms with van der Waals surface area (Å²) in [5, 5.41) is 0.383. The van der Waals surface area contributed by atoms with Crippen LogP contribution in [0.25, 0.3) is 10.1 Å². The number of esters is 2. The molecule has 0 aliphatic carbocycles. The minimum absolute atomic E-state index is 0.262. The molecule has 2 heterocycles. The molecule has 6 heteroatoms.